The average Bonchev–Trinajstić information content (AvgIpc) is 3.10. The summed E-state index contributed by atoms with van der Waals surface area (Å²) in [7, 11) is 0. The van der Waals surface area contributed by atoms with Crippen LogP contribution < -0.4 is 10.6 Å². The smallest absolute Gasteiger partial charge is 0.191 e. The summed E-state index contributed by atoms with van der Waals surface area (Å²) >= 11 is 0. The zero-order valence-electron chi connectivity index (χ0n) is 16.9. The van der Waals surface area contributed by atoms with Crippen molar-refractivity contribution in [3.63, 3.8) is 0 Å². The molecule has 1 aliphatic rings. The molecule has 1 aromatic rings. The van der Waals surface area contributed by atoms with Gasteiger partial charge in [0.25, 0.3) is 0 Å². The van der Waals surface area contributed by atoms with E-state index in [-0.39, 0.29) is 29.5 Å². The second-order valence-electron chi connectivity index (χ2n) is 7.75. The van der Waals surface area contributed by atoms with Crippen molar-refractivity contribution in [1.82, 2.24) is 25.3 Å². The van der Waals surface area contributed by atoms with Gasteiger partial charge in [0.1, 0.15) is 0 Å². The second kappa shape index (κ2) is 11.8. The monoisotopic (exact) mass is 476 g/mol. The van der Waals surface area contributed by atoms with Gasteiger partial charge in [-0.15, -0.1) is 24.0 Å². The Morgan fingerprint density at radius 1 is 1.35 bits per heavy atom. The normalized spacial score (nSPS) is 19.1. The summed E-state index contributed by atoms with van der Waals surface area (Å²) in [4.78, 5) is 7.45. The summed E-state index contributed by atoms with van der Waals surface area (Å²) in [5.74, 6) is 1.71. The first-order chi connectivity index (χ1) is 12.0. The zero-order chi connectivity index (χ0) is 18.1. The van der Waals surface area contributed by atoms with Crippen molar-refractivity contribution < 1.29 is 0 Å². The highest BCUT2D eigenvalue weighted by molar-refractivity contribution is 14.0. The maximum atomic E-state index is 4.85. The lowest BCUT2D eigenvalue weighted by Gasteiger charge is -2.42. The highest BCUT2D eigenvalue weighted by Crippen LogP contribution is 2.23. The first kappa shape index (κ1) is 23.2. The molecule has 7 heteroatoms. The van der Waals surface area contributed by atoms with Gasteiger partial charge in [-0.2, -0.15) is 5.10 Å². The van der Waals surface area contributed by atoms with Gasteiger partial charge in [-0.1, -0.05) is 6.92 Å². The lowest BCUT2D eigenvalue weighted by atomic mass is 9.94. The van der Waals surface area contributed by atoms with Crippen LogP contribution in [0.4, 0.5) is 0 Å². The maximum Gasteiger partial charge on any atom is 0.191 e. The Balaban J connectivity index is 0.00000338. The number of likely N-dealkylation sites (tertiary alicyclic amines) is 1. The molecule has 0 spiro atoms. The van der Waals surface area contributed by atoms with Gasteiger partial charge in [-0.05, 0) is 58.6 Å². The molecule has 1 aromatic heterocycles. The van der Waals surface area contributed by atoms with Gasteiger partial charge < -0.3 is 10.6 Å². The molecule has 1 saturated heterocycles. The average molecular weight is 476 g/mol. The van der Waals surface area contributed by atoms with E-state index in [1.165, 1.54) is 25.9 Å². The summed E-state index contributed by atoms with van der Waals surface area (Å²) in [6, 6.07) is 1.96. The van der Waals surface area contributed by atoms with Crippen molar-refractivity contribution in [2.24, 2.45) is 10.9 Å². The number of nitrogens with one attached hydrogen (secondary N) is 2. The van der Waals surface area contributed by atoms with E-state index in [4.69, 9.17) is 4.99 Å². The summed E-state index contributed by atoms with van der Waals surface area (Å²) in [5, 5.41) is 11.0. The van der Waals surface area contributed by atoms with Crippen LogP contribution in [0, 0.1) is 5.92 Å². The highest BCUT2D eigenvalue weighted by Gasteiger charge is 2.29. The molecule has 1 atom stereocenters. The molecule has 0 saturated carbocycles. The Labute approximate surface area is 176 Å². The second-order valence-corrected chi connectivity index (χ2v) is 7.75. The van der Waals surface area contributed by atoms with Gasteiger partial charge in [-0.25, -0.2) is 0 Å². The predicted molar refractivity (Wildman–Crippen MR) is 120 cm³/mol. The lowest BCUT2D eigenvalue weighted by molar-refractivity contribution is 0.0774. The van der Waals surface area contributed by atoms with E-state index in [2.05, 4.69) is 48.3 Å². The Morgan fingerprint density at radius 2 is 2.15 bits per heavy atom. The van der Waals surface area contributed by atoms with E-state index in [1.807, 2.05) is 23.1 Å². The van der Waals surface area contributed by atoms with Crippen LogP contribution >= 0.6 is 24.0 Å². The topological polar surface area (TPSA) is 57.5 Å². The number of piperidine rings is 1. The van der Waals surface area contributed by atoms with Crippen LogP contribution in [0.25, 0.3) is 0 Å². The fourth-order valence-electron chi connectivity index (χ4n) is 3.33. The minimum Gasteiger partial charge on any atom is -0.357 e. The Bertz CT molecular complexity index is 514. The van der Waals surface area contributed by atoms with Crippen LogP contribution in [0.2, 0.25) is 0 Å². The van der Waals surface area contributed by atoms with Crippen molar-refractivity contribution >= 4 is 29.9 Å². The van der Waals surface area contributed by atoms with Crippen LogP contribution in [-0.2, 0) is 6.54 Å². The van der Waals surface area contributed by atoms with Gasteiger partial charge in [0.05, 0.1) is 6.54 Å². The van der Waals surface area contributed by atoms with Crippen molar-refractivity contribution in [1.29, 1.82) is 0 Å². The predicted octanol–water partition coefficient (Wildman–Crippen LogP) is 2.96. The fourth-order valence-corrected chi connectivity index (χ4v) is 3.33. The summed E-state index contributed by atoms with van der Waals surface area (Å²) in [6.45, 7) is 15.0. The number of aliphatic imine (C=N–C) groups is 1. The quantitative estimate of drug-likeness (QED) is 0.262. The van der Waals surface area contributed by atoms with Crippen molar-refractivity contribution in [3.05, 3.63) is 18.5 Å². The third kappa shape index (κ3) is 7.82. The minimum absolute atomic E-state index is 0. The molecule has 0 aliphatic carbocycles. The van der Waals surface area contributed by atoms with Crippen LogP contribution in [0.15, 0.2) is 23.5 Å². The van der Waals surface area contributed by atoms with E-state index in [1.54, 1.807) is 0 Å². The van der Waals surface area contributed by atoms with Gasteiger partial charge in [0.2, 0.25) is 0 Å². The van der Waals surface area contributed by atoms with Gasteiger partial charge in [0, 0.05) is 44.1 Å². The van der Waals surface area contributed by atoms with E-state index >= 15 is 0 Å². The maximum absolute atomic E-state index is 4.85. The molecule has 2 heterocycles. The number of hydrogen-bond acceptors (Lipinski definition) is 3. The van der Waals surface area contributed by atoms with Gasteiger partial charge >= 0.3 is 0 Å². The standard InChI is InChI=1S/C19H36N6.HI/c1-5-20-18(21-10-7-13-25-14-8-11-23-25)22-16-19(3,4)24-12-6-9-17(2)15-24;/h8,11,14,17H,5-7,9-10,12-13,15-16H2,1-4H3,(H2,20,21,22);1H. The summed E-state index contributed by atoms with van der Waals surface area (Å²) in [5.41, 5.74) is 0.103. The van der Waals surface area contributed by atoms with Crippen LogP contribution in [0.5, 0.6) is 0 Å². The third-order valence-corrected chi connectivity index (χ3v) is 4.90. The molecule has 0 amide bonds. The molecular weight excluding hydrogens is 439 g/mol. The van der Waals surface area contributed by atoms with Crippen LogP contribution in [-0.4, -0.2) is 58.9 Å². The largest absolute Gasteiger partial charge is 0.357 e. The molecule has 150 valence electrons. The molecular formula is C19H37IN6. The molecule has 26 heavy (non-hydrogen) atoms. The third-order valence-electron chi connectivity index (χ3n) is 4.90. The van der Waals surface area contributed by atoms with E-state index in [0.29, 0.717) is 0 Å². The molecule has 0 radical (unpaired) electrons. The summed E-state index contributed by atoms with van der Waals surface area (Å²) in [6.07, 6.45) is 7.51. The molecule has 2 N–H and O–H groups in total. The van der Waals surface area contributed by atoms with E-state index in [9.17, 15) is 0 Å². The number of halogens is 1. The zero-order valence-corrected chi connectivity index (χ0v) is 19.2. The van der Waals surface area contributed by atoms with Crippen molar-refractivity contribution in [2.45, 2.75) is 59.0 Å². The molecule has 2 rings (SSSR count). The number of aryl methyl sites for hydroxylation is 1. The number of rotatable bonds is 8. The fraction of sp³-hybridized carbons (Fsp3) is 0.789. The number of guanidine groups is 1. The Morgan fingerprint density at radius 3 is 2.81 bits per heavy atom. The highest BCUT2D eigenvalue weighted by atomic mass is 127. The Hall–Kier alpha value is -0.830. The SMILES string of the molecule is CCNC(=NCC(C)(C)N1CCCC(C)C1)NCCCn1cccn1.I. The van der Waals surface area contributed by atoms with Crippen LogP contribution in [0.3, 0.4) is 0 Å². The minimum atomic E-state index is 0. The van der Waals surface area contributed by atoms with E-state index in [0.717, 1.165) is 44.5 Å². The molecule has 6 nitrogen and oxygen atoms in total. The number of hydrogen-bond donors (Lipinski definition) is 2. The van der Waals surface area contributed by atoms with Crippen molar-refractivity contribution in [3.8, 4) is 0 Å². The molecule has 0 aromatic carbocycles. The first-order valence-electron chi connectivity index (χ1n) is 9.76. The van der Waals surface area contributed by atoms with Gasteiger partial charge in [-0.3, -0.25) is 14.6 Å². The first-order valence-corrected chi connectivity index (χ1v) is 9.76. The van der Waals surface area contributed by atoms with E-state index < -0.39 is 0 Å². The summed E-state index contributed by atoms with van der Waals surface area (Å²) < 4.78 is 1.96. The van der Waals surface area contributed by atoms with Gasteiger partial charge in [0.15, 0.2) is 5.96 Å². The molecule has 1 aliphatic heterocycles. The van der Waals surface area contributed by atoms with Crippen LogP contribution in [0.1, 0.15) is 47.0 Å². The lowest BCUT2D eigenvalue weighted by Crippen LogP contribution is -2.51. The Kier molecular flexibility index (Phi) is 10.5. The number of nitrogens with zero attached hydrogens (tertiary/aromatic N) is 4. The molecule has 0 bridgehead atoms. The molecule has 1 unspecified atom stereocenters. The van der Waals surface area contributed by atoms with Crippen molar-refractivity contribution in [2.75, 3.05) is 32.7 Å². The number of aromatic nitrogens is 2. The molecule has 1 fully saturated rings.